The molecule has 2 aliphatic rings. The average Bonchev–Trinajstić information content (AvgIpc) is 2.74. The number of anilines is 2. The summed E-state index contributed by atoms with van der Waals surface area (Å²) in [5.74, 6) is 0.203. The first kappa shape index (κ1) is 14.9. The van der Waals surface area contributed by atoms with Crippen LogP contribution in [0.25, 0.3) is 0 Å². The molecule has 0 saturated heterocycles. The molecule has 0 spiro atoms. The molecule has 1 aliphatic heterocycles. The van der Waals surface area contributed by atoms with Gasteiger partial charge in [-0.15, -0.1) is 0 Å². The standard InChI is InChI=1S/C17H23BrN2O/c1-12-17(21)19(2)15-10-9-13(18)11-16(15)20(12)14-7-5-3-4-6-8-14/h9-12,14H,3-8H2,1-2H3/t12-/m1/s1. The summed E-state index contributed by atoms with van der Waals surface area (Å²) in [6.45, 7) is 2.05. The molecule has 3 nitrogen and oxygen atoms in total. The highest BCUT2D eigenvalue weighted by Crippen LogP contribution is 2.40. The zero-order valence-electron chi connectivity index (χ0n) is 12.8. The van der Waals surface area contributed by atoms with Crippen molar-refractivity contribution in [1.82, 2.24) is 0 Å². The van der Waals surface area contributed by atoms with E-state index in [0.717, 1.165) is 10.2 Å². The summed E-state index contributed by atoms with van der Waals surface area (Å²) in [5, 5.41) is 0. The Labute approximate surface area is 135 Å². The number of carbonyl (C=O) groups excluding carboxylic acids is 1. The van der Waals surface area contributed by atoms with Gasteiger partial charge >= 0.3 is 0 Å². The Morgan fingerprint density at radius 2 is 1.76 bits per heavy atom. The van der Waals surface area contributed by atoms with Gasteiger partial charge in [0.1, 0.15) is 6.04 Å². The molecule has 1 saturated carbocycles. The number of hydrogen-bond acceptors (Lipinski definition) is 2. The van der Waals surface area contributed by atoms with Gasteiger partial charge < -0.3 is 9.80 Å². The molecule has 1 aromatic carbocycles. The predicted molar refractivity (Wildman–Crippen MR) is 91.0 cm³/mol. The number of halogens is 1. The zero-order valence-corrected chi connectivity index (χ0v) is 14.4. The average molecular weight is 351 g/mol. The lowest BCUT2D eigenvalue weighted by molar-refractivity contribution is -0.119. The van der Waals surface area contributed by atoms with Crippen LogP contribution in [-0.4, -0.2) is 25.0 Å². The van der Waals surface area contributed by atoms with Crippen molar-refractivity contribution in [2.45, 2.75) is 57.5 Å². The van der Waals surface area contributed by atoms with Gasteiger partial charge in [-0.05, 0) is 38.0 Å². The molecule has 0 aromatic heterocycles. The SMILES string of the molecule is C[C@@H]1C(=O)N(C)c2ccc(Br)cc2N1C1CCCCCC1. The van der Waals surface area contributed by atoms with Gasteiger partial charge in [0.2, 0.25) is 5.91 Å². The van der Waals surface area contributed by atoms with Crippen LogP contribution in [-0.2, 0) is 4.79 Å². The third-order valence-electron chi connectivity index (χ3n) is 4.90. The fraction of sp³-hybridized carbons (Fsp3) is 0.588. The minimum absolute atomic E-state index is 0.0695. The van der Waals surface area contributed by atoms with Gasteiger partial charge in [-0.2, -0.15) is 0 Å². The Kier molecular flexibility index (Phi) is 4.25. The fourth-order valence-corrected chi connectivity index (χ4v) is 4.11. The Morgan fingerprint density at radius 1 is 1.10 bits per heavy atom. The lowest BCUT2D eigenvalue weighted by atomic mass is 9.99. The molecule has 1 heterocycles. The van der Waals surface area contributed by atoms with E-state index in [4.69, 9.17) is 0 Å². The van der Waals surface area contributed by atoms with Gasteiger partial charge in [-0.1, -0.05) is 41.6 Å². The van der Waals surface area contributed by atoms with E-state index in [1.807, 2.05) is 26.1 Å². The molecular formula is C17H23BrN2O. The molecule has 114 valence electrons. The number of carbonyl (C=O) groups is 1. The van der Waals surface area contributed by atoms with Gasteiger partial charge in [0.15, 0.2) is 0 Å². The van der Waals surface area contributed by atoms with Crippen molar-refractivity contribution in [3.8, 4) is 0 Å². The second-order valence-corrected chi connectivity index (χ2v) is 7.17. The number of amides is 1. The van der Waals surface area contributed by atoms with Crippen LogP contribution in [0.15, 0.2) is 22.7 Å². The lowest BCUT2D eigenvalue weighted by Gasteiger charge is -2.44. The Bertz CT molecular complexity index is 538. The van der Waals surface area contributed by atoms with Gasteiger partial charge in [0.25, 0.3) is 0 Å². The molecule has 4 heteroatoms. The van der Waals surface area contributed by atoms with Crippen LogP contribution in [0.4, 0.5) is 11.4 Å². The molecule has 1 amide bonds. The summed E-state index contributed by atoms with van der Waals surface area (Å²) in [6.07, 6.45) is 7.62. The van der Waals surface area contributed by atoms with Crippen molar-refractivity contribution < 1.29 is 4.79 Å². The first-order valence-electron chi connectivity index (χ1n) is 7.95. The Hall–Kier alpha value is -1.03. The molecule has 3 rings (SSSR count). The quantitative estimate of drug-likeness (QED) is 0.703. The lowest BCUT2D eigenvalue weighted by Crippen LogP contribution is -2.54. The smallest absolute Gasteiger partial charge is 0.249 e. The number of nitrogens with zero attached hydrogens (tertiary/aromatic N) is 2. The van der Waals surface area contributed by atoms with Crippen molar-refractivity contribution in [2.24, 2.45) is 0 Å². The van der Waals surface area contributed by atoms with E-state index >= 15 is 0 Å². The second-order valence-electron chi connectivity index (χ2n) is 6.26. The van der Waals surface area contributed by atoms with Crippen molar-refractivity contribution >= 4 is 33.2 Å². The van der Waals surface area contributed by atoms with Crippen molar-refractivity contribution in [3.63, 3.8) is 0 Å². The number of fused-ring (bicyclic) bond motifs is 1. The van der Waals surface area contributed by atoms with E-state index in [1.165, 1.54) is 44.2 Å². The van der Waals surface area contributed by atoms with Crippen LogP contribution in [0, 0.1) is 0 Å². The van der Waals surface area contributed by atoms with Crippen LogP contribution in [0.2, 0.25) is 0 Å². The minimum atomic E-state index is -0.0695. The fourth-order valence-electron chi connectivity index (χ4n) is 3.76. The predicted octanol–water partition coefficient (Wildman–Crippen LogP) is 4.34. The normalized spacial score (nSPS) is 24.0. The summed E-state index contributed by atoms with van der Waals surface area (Å²) < 4.78 is 1.08. The highest BCUT2D eigenvalue weighted by atomic mass is 79.9. The first-order chi connectivity index (χ1) is 10.1. The van der Waals surface area contributed by atoms with E-state index in [9.17, 15) is 4.79 Å². The maximum Gasteiger partial charge on any atom is 0.249 e. The van der Waals surface area contributed by atoms with Crippen LogP contribution < -0.4 is 9.80 Å². The van der Waals surface area contributed by atoms with Crippen molar-refractivity contribution in [1.29, 1.82) is 0 Å². The molecule has 0 bridgehead atoms. The van der Waals surface area contributed by atoms with Crippen LogP contribution in [0.3, 0.4) is 0 Å². The topological polar surface area (TPSA) is 23.6 Å². The summed E-state index contributed by atoms with van der Waals surface area (Å²) in [7, 11) is 1.88. The zero-order chi connectivity index (χ0) is 15.0. The monoisotopic (exact) mass is 350 g/mol. The second kappa shape index (κ2) is 5.99. The number of hydrogen-bond donors (Lipinski definition) is 0. The molecule has 1 fully saturated rings. The van der Waals surface area contributed by atoms with Crippen LogP contribution in [0.5, 0.6) is 0 Å². The summed E-state index contributed by atoms with van der Waals surface area (Å²) in [5.41, 5.74) is 2.23. The Balaban J connectivity index is 2.03. The molecule has 0 N–H and O–H groups in total. The maximum absolute atomic E-state index is 12.6. The summed E-state index contributed by atoms with van der Waals surface area (Å²) in [4.78, 5) is 16.8. The highest BCUT2D eigenvalue weighted by molar-refractivity contribution is 9.10. The van der Waals surface area contributed by atoms with E-state index in [0.29, 0.717) is 6.04 Å². The maximum atomic E-state index is 12.6. The number of likely N-dealkylation sites (N-methyl/N-ethyl adjacent to an activating group) is 1. The highest BCUT2D eigenvalue weighted by Gasteiger charge is 2.37. The Morgan fingerprint density at radius 3 is 2.43 bits per heavy atom. The van der Waals surface area contributed by atoms with Gasteiger partial charge in [-0.25, -0.2) is 0 Å². The third-order valence-corrected chi connectivity index (χ3v) is 5.39. The van der Waals surface area contributed by atoms with Gasteiger partial charge in [0, 0.05) is 17.6 Å². The molecule has 1 aliphatic carbocycles. The van der Waals surface area contributed by atoms with E-state index < -0.39 is 0 Å². The number of rotatable bonds is 1. The molecule has 0 radical (unpaired) electrons. The van der Waals surface area contributed by atoms with Gasteiger partial charge in [-0.3, -0.25) is 4.79 Å². The summed E-state index contributed by atoms with van der Waals surface area (Å²) >= 11 is 3.58. The van der Waals surface area contributed by atoms with Crippen LogP contribution in [0.1, 0.15) is 45.4 Å². The first-order valence-corrected chi connectivity index (χ1v) is 8.74. The van der Waals surface area contributed by atoms with E-state index in [2.05, 4.69) is 26.9 Å². The van der Waals surface area contributed by atoms with Gasteiger partial charge in [0.05, 0.1) is 11.4 Å². The number of benzene rings is 1. The van der Waals surface area contributed by atoms with Crippen molar-refractivity contribution in [3.05, 3.63) is 22.7 Å². The van der Waals surface area contributed by atoms with E-state index in [1.54, 1.807) is 4.90 Å². The largest absolute Gasteiger partial charge is 0.355 e. The molecule has 1 atom stereocenters. The van der Waals surface area contributed by atoms with E-state index in [-0.39, 0.29) is 11.9 Å². The molecule has 1 aromatic rings. The van der Waals surface area contributed by atoms with Crippen molar-refractivity contribution in [2.75, 3.05) is 16.8 Å². The minimum Gasteiger partial charge on any atom is -0.355 e. The molecular weight excluding hydrogens is 328 g/mol. The molecule has 0 unspecified atom stereocenters. The summed E-state index contributed by atoms with van der Waals surface area (Å²) in [6, 6.07) is 6.66. The third kappa shape index (κ3) is 2.70. The molecule has 21 heavy (non-hydrogen) atoms. The van der Waals surface area contributed by atoms with Crippen LogP contribution >= 0.6 is 15.9 Å².